The largest absolute Gasteiger partial charge is 0.376 e. The van der Waals surface area contributed by atoms with Crippen molar-refractivity contribution >= 4 is 15.9 Å². The number of aliphatic hydroxyl groups excluding tert-OH is 1. The normalized spacial score (nSPS) is 14.9. The molecule has 0 aromatic carbocycles. The van der Waals surface area contributed by atoms with Gasteiger partial charge in [0, 0.05) is 6.42 Å². The van der Waals surface area contributed by atoms with E-state index < -0.39 is 0 Å². The number of likely N-dealkylation sites (N-methyl/N-ethyl adjacent to an activating group) is 1. The Kier molecular flexibility index (Phi) is 15.0. The average molecular weight is 393 g/mol. The molecule has 23 heavy (non-hydrogen) atoms. The van der Waals surface area contributed by atoms with E-state index in [2.05, 4.69) is 43.9 Å². The van der Waals surface area contributed by atoms with Crippen LogP contribution in [0.15, 0.2) is 0 Å². The summed E-state index contributed by atoms with van der Waals surface area (Å²) in [7, 11) is 4.49. The van der Waals surface area contributed by atoms with Gasteiger partial charge in [0.05, 0.1) is 20.6 Å². The second kappa shape index (κ2) is 14.7. The van der Waals surface area contributed by atoms with Gasteiger partial charge in [0.25, 0.3) is 0 Å². The molecular weight excluding hydrogens is 350 g/mol. The molecule has 0 saturated carbocycles. The minimum Gasteiger partial charge on any atom is -0.376 e. The molecule has 0 heterocycles. The van der Waals surface area contributed by atoms with E-state index in [1.54, 1.807) is 0 Å². The fourth-order valence-electron chi connectivity index (χ4n) is 3.55. The smallest absolute Gasteiger partial charge is 0.160 e. The van der Waals surface area contributed by atoms with Gasteiger partial charge in [-0.2, -0.15) is 0 Å². The highest BCUT2D eigenvalue weighted by Gasteiger charge is 2.31. The fourth-order valence-corrected chi connectivity index (χ4v) is 4.56. The summed E-state index contributed by atoms with van der Waals surface area (Å²) in [5.74, 6) is 0. The summed E-state index contributed by atoms with van der Waals surface area (Å²) in [4.78, 5) is 0. The highest BCUT2D eigenvalue weighted by Crippen LogP contribution is 2.20. The molecule has 0 aromatic rings. The lowest BCUT2D eigenvalue weighted by Gasteiger charge is -2.38. The van der Waals surface area contributed by atoms with Crippen LogP contribution in [0.5, 0.6) is 0 Å². The van der Waals surface area contributed by atoms with Crippen molar-refractivity contribution in [3.8, 4) is 0 Å². The van der Waals surface area contributed by atoms with Crippen LogP contribution in [-0.4, -0.2) is 41.3 Å². The number of hydrogen-bond acceptors (Lipinski definition) is 1. The van der Waals surface area contributed by atoms with E-state index in [0.717, 1.165) is 10.9 Å². The minimum absolute atomic E-state index is 0.294. The quantitative estimate of drug-likeness (QED) is 0.187. The molecule has 2 nitrogen and oxygen atoms in total. The molecule has 0 saturated heterocycles. The average Bonchev–Trinajstić information content (AvgIpc) is 2.48. The number of nitrogens with zero attached hydrogens (tertiary/aromatic N) is 1. The molecular formula is C20H43BrNO+. The Morgan fingerprint density at radius 2 is 1.13 bits per heavy atom. The van der Waals surface area contributed by atoms with E-state index in [0.29, 0.717) is 6.04 Å². The van der Waals surface area contributed by atoms with Crippen LogP contribution in [0.4, 0.5) is 0 Å². The molecule has 0 spiro atoms. The predicted molar refractivity (Wildman–Crippen MR) is 107 cm³/mol. The molecule has 0 aromatic heterocycles. The van der Waals surface area contributed by atoms with Crippen LogP contribution in [0.25, 0.3) is 0 Å². The standard InChI is InChI=1S/C20H43BrNO/c1-5-7-8-9-10-11-12-13-14-15-16-17-18-22(3,4)19(6-2)20(21)23/h19-20,23H,5-18H2,1-4H3/q+1. The topological polar surface area (TPSA) is 20.2 Å². The van der Waals surface area contributed by atoms with Crippen molar-refractivity contribution < 1.29 is 9.59 Å². The number of hydrogen-bond donors (Lipinski definition) is 1. The van der Waals surface area contributed by atoms with Crippen LogP contribution in [0.3, 0.4) is 0 Å². The second-order valence-corrected chi connectivity index (χ2v) is 8.68. The molecule has 0 radical (unpaired) electrons. The Balaban J connectivity index is 3.48. The number of quaternary nitrogens is 1. The molecule has 0 aliphatic carbocycles. The van der Waals surface area contributed by atoms with Gasteiger partial charge < -0.3 is 9.59 Å². The molecule has 3 heteroatoms. The third kappa shape index (κ3) is 12.4. The van der Waals surface area contributed by atoms with E-state index in [-0.39, 0.29) is 5.01 Å². The van der Waals surface area contributed by atoms with Gasteiger partial charge in [0.2, 0.25) is 0 Å². The first-order valence-electron chi connectivity index (χ1n) is 10.1. The van der Waals surface area contributed by atoms with Gasteiger partial charge in [-0.3, -0.25) is 0 Å². The Morgan fingerprint density at radius 3 is 1.48 bits per heavy atom. The van der Waals surface area contributed by atoms with Gasteiger partial charge in [-0.1, -0.05) is 94.0 Å². The molecule has 0 amide bonds. The first-order chi connectivity index (χ1) is 11.0. The number of alkyl halides is 1. The zero-order chi connectivity index (χ0) is 17.6. The van der Waals surface area contributed by atoms with Crippen LogP contribution in [0.2, 0.25) is 0 Å². The predicted octanol–water partition coefficient (Wildman–Crippen LogP) is 6.26. The van der Waals surface area contributed by atoms with Crippen molar-refractivity contribution in [3.05, 3.63) is 0 Å². The summed E-state index contributed by atoms with van der Waals surface area (Å²) >= 11 is 3.35. The summed E-state index contributed by atoms with van der Waals surface area (Å²) in [5.41, 5.74) is 0. The maximum atomic E-state index is 9.84. The second-order valence-electron chi connectivity index (χ2n) is 7.74. The summed E-state index contributed by atoms with van der Waals surface area (Å²) in [6.45, 7) is 5.61. The van der Waals surface area contributed by atoms with Crippen molar-refractivity contribution in [3.63, 3.8) is 0 Å². The molecule has 0 bridgehead atoms. The summed E-state index contributed by atoms with van der Waals surface area (Å²) < 4.78 is 0.917. The van der Waals surface area contributed by atoms with Crippen LogP contribution in [-0.2, 0) is 0 Å². The monoisotopic (exact) mass is 392 g/mol. The molecule has 2 atom stereocenters. The number of halogens is 1. The Morgan fingerprint density at radius 1 is 0.739 bits per heavy atom. The highest BCUT2D eigenvalue weighted by molar-refractivity contribution is 9.09. The molecule has 0 rings (SSSR count). The number of rotatable bonds is 16. The molecule has 0 aliphatic rings. The molecule has 0 fully saturated rings. The first kappa shape index (κ1) is 23.4. The van der Waals surface area contributed by atoms with Crippen molar-refractivity contribution in [2.75, 3.05) is 20.6 Å². The summed E-state index contributed by atoms with van der Waals surface area (Å²) in [5, 5.41) is 9.45. The first-order valence-corrected chi connectivity index (χ1v) is 11.0. The third-order valence-electron chi connectivity index (χ3n) is 5.22. The summed E-state index contributed by atoms with van der Waals surface area (Å²) in [6.07, 6.45) is 17.8. The van der Waals surface area contributed by atoms with Gasteiger partial charge in [-0.25, -0.2) is 0 Å². The SMILES string of the molecule is CCCCCCCCCCCCCC[N+](C)(C)C(CC)C(O)Br. The van der Waals surface area contributed by atoms with Gasteiger partial charge >= 0.3 is 0 Å². The maximum absolute atomic E-state index is 9.84. The van der Waals surface area contributed by atoms with Crippen LogP contribution in [0, 0.1) is 0 Å². The van der Waals surface area contributed by atoms with E-state index in [4.69, 9.17) is 0 Å². The highest BCUT2D eigenvalue weighted by atomic mass is 79.9. The lowest BCUT2D eigenvalue weighted by molar-refractivity contribution is -0.917. The number of aliphatic hydroxyl groups is 1. The van der Waals surface area contributed by atoms with Crippen LogP contribution < -0.4 is 0 Å². The lowest BCUT2D eigenvalue weighted by Crippen LogP contribution is -2.53. The van der Waals surface area contributed by atoms with Crippen LogP contribution in [0.1, 0.15) is 97.3 Å². The van der Waals surface area contributed by atoms with E-state index in [1.165, 1.54) is 83.6 Å². The maximum Gasteiger partial charge on any atom is 0.160 e. The van der Waals surface area contributed by atoms with Gasteiger partial charge in [0.1, 0.15) is 6.04 Å². The molecule has 0 aliphatic heterocycles. The van der Waals surface area contributed by atoms with E-state index in [9.17, 15) is 5.11 Å². The Labute approximate surface area is 154 Å². The molecule has 1 N–H and O–H groups in total. The number of unbranched alkanes of at least 4 members (excludes halogenated alkanes) is 11. The third-order valence-corrected chi connectivity index (χ3v) is 5.83. The van der Waals surface area contributed by atoms with E-state index in [1.807, 2.05) is 0 Å². The minimum atomic E-state index is -0.389. The van der Waals surface area contributed by atoms with E-state index >= 15 is 0 Å². The van der Waals surface area contributed by atoms with Crippen molar-refractivity contribution in [2.45, 2.75) is 108 Å². The van der Waals surface area contributed by atoms with Crippen molar-refractivity contribution in [1.29, 1.82) is 0 Å². The van der Waals surface area contributed by atoms with Crippen molar-refractivity contribution in [2.24, 2.45) is 0 Å². The zero-order valence-corrected chi connectivity index (χ0v) is 17.9. The molecule has 2 unspecified atom stereocenters. The van der Waals surface area contributed by atoms with Crippen LogP contribution >= 0.6 is 15.9 Å². The molecule has 140 valence electrons. The van der Waals surface area contributed by atoms with Gasteiger partial charge in [0.15, 0.2) is 5.01 Å². The Bertz CT molecular complexity index is 256. The van der Waals surface area contributed by atoms with Gasteiger partial charge in [-0.15, -0.1) is 0 Å². The Hall–Kier alpha value is 0.400. The summed E-state index contributed by atoms with van der Waals surface area (Å²) in [6, 6.07) is 0.294. The zero-order valence-electron chi connectivity index (χ0n) is 16.3. The van der Waals surface area contributed by atoms with Gasteiger partial charge in [-0.05, 0) is 12.8 Å². The van der Waals surface area contributed by atoms with Crippen molar-refractivity contribution in [1.82, 2.24) is 0 Å². The lowest BCUT2D eigenvalue weighted by atomic mass is 10.0. The fraction of sp³-hybridized carbons (Fsp3) is 1.00.